The third-order valence-electron chi connectivity index (χ3n) is 4.95. The molecule has 1 aliphatic heterocycles. The van der Waals surface area contributed by atoms with Crippen LogP contribution in [0.2, 0.25) is 0 Å². The lowest BCUT2D eigenvalue weighted by atomic mass is 9.87. The fourth-order valence-electron chi connectivity index (χ4n) is 3.73. The molecule has 0 radical (unpaired) electrons. The molecule has 0 unspecified atom stereocenters. The first kappa shape index (κ1) is 14.4. The van der Waals surface area contributed by atoms with Gasteiger partial charge in [-0.05, 0) is 36.8 Å². The van der Waals surface area contributed by atoms with Crippen LogP contribution in [0.1, 0.15) is 56.4 Å². The van der Waals surface area contributed by atoms with Gasteiger partial charge in [0.25, 0.3) is 0 Å². The van der Waals surface area contributed by atoms with Crippen LogP contribution < -0.4 is 10.6 Å². The minimum atomic E-state index is 0.251. The quantitative estimate of drug-likeness (QED) is 0.867. The van der Waals surface area contributed by atoms with Gasteiger partial charge in [0.05, 0.1) is 0 Å². The van der Waals surface area contributed by atoms with Crippen LogP contribution in [0.25, 0.3) is 0 Å². The zero-order valence-corrected chi connectivity index (χ0v) is 12.7. The monoisotopic (exact) mass is 286 g/mol. The topological polar surface area (TPSA) is 41.1 Å². The summed E-state index contributed by atoms with van der Waals surface area (Å²) in [5.74, 6) is 1.42. The first-order valence-corrected chi connectivity index (χ1v) is 8.42. The predicted molar refractivity (Wildman–Crippen MR) is 86.5 cm³/mol. The van der Waals surface area contributed by atoms with Crippen molar-refractivity contribution in [1.82, 2.24) is 5.32 Å². The summed E-state index contributed by atoms with van der Waals surface area (Å²) in [4.78, 5) is 12.0. The summed E-state index contributed by atoms with van der Waals surface area (Å²) in [5, 5.41) is 6.56. The average Bonchev–Trinajstić information content (AvgIpc) is 2.92. The fourth-order valence-corrected chi connectivity index (χ4v) is 3.73. The van der Waals surface area contributed by atoms with Gasteiger partial charge in [0.2, 0.25) is 5.91 Å². The molecule has 0 bridgehead atoms. The van der Waals surface area contributed by atoms with E-state index in [0.29, 0.717) is 11.8 Å². The Hall–Kier alpha value is -1.51. The molecule has 1 heterocycles. The van der Waals surface area contributed by atoms with Crippen molar-refractivity contribution < 1.29 is 4.79 Å². The summed E-state index contributed by atoms with van der Waals surface area (Å²) in [6.07, 6.45) is 8.22. The first-order chi connectivity index (χ1) is 10.3. The molecule has 0 aromatic heterocycles. The molecular weight excluding hydrogens is 260 g/mol. The van der Waals surface area contributed by atoms with Crippen LogP contribution in [0.5, 0.6) is 0 Å². The molecule has 21 heavy (non-hydrogen) atoms. The van der Waals surface area contributed by atoms with Gasteiger partial charge in [-0.3, -0.25) is 4.79 Å². The van der Waals surface area contributed by atoms with E-state index in [1.54, 1.807) is 0 Å². The third-order valence-corrected chi connectivity index (χ3v) is 4.95. The number of hydrogen-bond donors (Lipinski definition) is 2. The molecule has 1 aliphatic carbocycles. The van der Waals surface area contributed by atoms with Gasteiger partial charge in [0.1, 0.15) is 0 Å². The van der Waals surface area contributed by atoms with Gasteiger partial charge in [0.15, 0.2) is 0 Å². The number of benzene rings is 1. The number of carbonyl (C=O) groups is 1. The van der Waals surface area contributed by atoms with E-state index in [-0.39, 0.29) is 5.91 Å². The molecule has 1 aromatic carbocycles. The van der Waals surface area contributed by atoms with Crippen molar-refractivity contribution in [2.75, 3.05) is 18.4 Å². The lowest BCUT2D eigenvalue weighted by molar-refractivity contribution is -0.122. The summed E-state index contributed by atoms with van der Waals surface area (Å²) in [6.45, 7) is 1.80. The van der Waals surface area contributed by atoms with Gasteiger partial charge in [-0.1, -0.05) is 37.5 Å². The van der Waals surface area contributed by atoms with Crippen LogP contribution in [-0.4, -0.2) is 19.0 Å². The maximum Gasteiger partial charge on any atom is 0.220 e. The molecule has 0 spiro atoms. The third kappa shape index (κ3) is 3.78. The van der Waals surface area contributed by atoms with Crippen molar-refractivity contribution in [3.05, 3.63) is 29.8 Å². The van der Waals surface area contributed by atoms with E-state index in [0.717, 1.165) is 25.9 Å². The Morgan fingerprint density at radius 3 is 2.86 bits per heavy atom. The highest BCUT2D eigenvalue weighted by Crippen LogP contribution is 2.32. The Labute approximate surface area is 127 Å². The normalized spacial score (nSPS) is 21.6. The number of rotatable bonds is 5. The van der Waals surface area contributed by atoms with Crippen molar-refractivity contribution in [3.63, 3.8) is 0 Å². The van der Waals surface area contributed by atoms with E-state index >= 15 is 0 Å². The van der Waals surface area contributed by atoms with Gasteiger partial charge >= 0.3 is 0 Å². The maximum absolute atomic E-state index is 12.0. The Balaban J connectivity index is 1.39. The SMILES string of the molecule is O=C(CC1CCCCC1)NCC[C@H]1CNc2ccccc21. The minimum absolute atomic E-state index is 0.251. The van der Waals surface area contributed by atoms with E-state index in [1.807, 2.05) is 0 Å². The van der Waals surface area contributed by atoms with E-state index in [4.69, 9.17) is 0 Å². The fraction of sp³-hybridized carbons (Fsp3) is 0.611. The molecule has 0 saturated heterocycles. The van der Waals surface area contributed by atoms with Crippen LogP contribution in [0.4, 0.5) is 5.69 Å². The average molecular weight is 286 g/mol. The number of hydrogen-bond acceptors (Lipinski definition) is 2. The van der Waals surface area contributed by atoms with Crippen molar-refractivity contribution in [2.24, 2.45) is 5.92 Å². The second kappa shape index (κ2) is 6.97. The molecular formula is C18H26N2O. The Bertz CT molecular complexity index is 480. The standard InChI is InChI=1S/C18H26N2O/c21-18(12-14-6-2-1-3-7-14)19-11-10-15-13-20-17-9-5-4-8-16(15)17/h4-5,8-9,14-15,20H,1-3,6-7,10-13H2,(H,19,21)/t15-/m0/s1. The molecule has 1 amide bonds. The first-order valence-electron chi connectivity index (χ1n) is 8.42. The van der Waals surface area contributed by atoms with Crippen molar-refractivity contribution in [1.29, 1.82) is 0 Å². The van der Waals surface area contributed by atoms with E-state index < -0.39 is 0 Å². The second-order valence-corrected chi connectivity index (χ2v) is 6.51. The van der Waals surface area contributed by atoms with Gasteiger partial charge < -0.3 is 10.6 Å². The number of amides is 1. The molecule has 2 aliphatic rings. The molecule has 3 nitrogen and oxygen atoms in total. The molecule has 3 heteroatoms. The van der Waals surface area contributed by atoms with Crippen molar-refractivity contribution in [2.45, 2.75) is 50.9 Å². The zero-order valence-electron chi connectivity index (χ0n) is 12.7. The molecule has 1 atom stereocenters. The molecule has 1 fully saturated rings. The number of carbonyl (C=O) groups excluding carboxylic acids is 1. The lowest BCUT2D eigenvalue weighted by Gasteiger charge is -2.21. The van der Waals surface area contributed by atoms with Crippen molar-refractivity contribution >= 4 is 11.6 Å². The summed E-state index contributed by atoms with van der Waals surface area (Å²) >= 11 is 0. The van der Waals surface area contributed by atoms with Crippen LogP contribution in [0, 0.1) is 5.92 Å². The molecule has 2 N–H and O–H groups in total. The highest BCUT2D eigenvalue weighted by Gasteiger charge is 2.21. The summed E-state index contributed by atoms with van der Waals surface area (Å²) < 4.78 is 0. The van der Waals surface area contributed by atoms with Gasteiger partial charge in [-0.25, -0.2) is 0 Å². The largest absolute Gasteiger partial charge is 0.384 e. The summed E-state index contributed by atoms with van der Waals surface area (Å²) in [5.41, 5.74) is 2.66. The minimum Gasteiger partial charge on any atom is -0.384 e. The van der Waals surface area contributed by atoms with Gasteiger partial charge in [0, 0.05) is 31.1 Å². The molecule has 1 aromatic rings. The molecule has 3 rings (SSSR count). The van der Waals surface area contributed by atoms with E-state index in [2.05, 4.69) is 34.9 Å². The smallest absolute Gasteiger partial charge is 0.220 e. The Morgan fingerprint density at radius 1 is 1.19 bits per heavy atom. The van der Waals surface area contributed by atoms with Crippen LogP contribution in [-0.2, 0) is 4.79 Å². The van der Waals surface area contributed by atoms with Gasteiger partial charge in [-0.15, -0.1) is 0 Å². The Morgan fingerprint density at radius 2 is 2.00 bits per heavy atom. The zero-order chi connectivity index (χ0) is 14.5. The predicted octanol–water partition coefficient (Wildman–Crippen LogP) is 3.67. The summed E-state index contributed by atoms with van der Waals surface area (Å²) in [7, 11) is 0. The maximum atomic E-state index is 12.0. The lowest BCUT2D eigenvalue weighted by Crippen LogP contribution is -2.28. The van der Waals surface area contributed by atoms with Crippen LogP contribution >= 0.6 is 0 Å². The highest BCUT2D eigenvalue weighted by atomic mass is 16.1. The number of anilines is 1. The number of fused-ring (bicyclic) bond motifs is 1. The number of para-hydroxylation sites is 1. The molecule has 114 valence electrons. The summed E-state index contributed by atoms with van der Waals surface area (Å²) in [6, 6.07) is 8.50. The van der Waals surface area contributed by atoms with E-state index in [1.165, 1.54) is 43.4 Å². The second-order valence-electron chi connectivity index (χ2n) is 6.51. The van der Waals surface area contributed by atoms with Crippen LogP contribution in [0.15, 0.2) is 24.3 Å². The van der Waals surface area contributed by atoms with Crippen LogP contribution in [0.3, 0.4) is 0 Å². The highest BCUT2D eigenvalue weighted by molar-refractivity contribution is 5.76. The Kier molecular flexibility index (Phi) is 4.79. The number of nitrogens with one attached hydrogen (secondary N) is 2. The van der Waals surface area contributed by atoms with E-state index in [9.17, 15) is 4.79 Å². The van der Waals surface area contributed by atoms with Gasteiger partial charge in [-0.2, -0.15) is 0 Å². The van der Waals surface area contributed by atoms with Crippen molar-refractivity contribution in [3.8, 4) is 0 Å². The molecule has 1 saturated carbocycles.